The molecule has 0 aliphatic rings. The fraction of sp³-hybridized carbons (Fsp3) is 0.429. The van der Waals surface area contributed by atoms with Crippen molar-refractivity contribution in [3.63, 3.8) is 0 Å². The van der Waals surface area contributed by atoms with E-state index >= 15 is 0 Å². The van der Waals surface area contributed by atoms with Crippen LogP contribution in [0.25, 0.3) is 10.7 Å². The first-order chi connectivity index (χ1) is 9.51. The van der Waals surface area contributed by atoms with Crippen molar-refractivity contribution in [3.05, 3.63) is 25.7 Å². The molecule has 1 N–H and O–H groups in total. The van der Waals surface area contributed by atoms with Gasteiger partial charge in [0.25, 0.3) is 0 Å². The third kappa shape index (κ3) is 3.83. The standard InChI is InChI=1S/C14H17ClIN3S/c1-4-17-14-12(16)10(5-8(2)3)18-13(19-14)11-6-9(15)7-20-11/h6-8H,4-5H2,1-3H3,(H,17,18,19). The Morgan fingerprint density at radius 2 is 2.15 bits per heavy atom. The number of nitrogens with zero attached hydrogens (tertiary/aromatic N) is 2. The Labute approximate surface area is 142 Å². The molecule has 0 spiro atoms. The van der Waals surface area contributed by atoms with Crippen molar-refractivity contribution in [1.29, 1.82) is 0 Å². The van der Waals surface area contributed by atoms with Gasteiger partial charge in [0.05, 0.1) is 19.2 Å². The third-order valence-corrected chi connectivity index (χ3v) is 5.06. The highest BCUT2D eigenvalue weighted by molar-refractivity contribution is 14.1. The van der Waals surface area contributed by atoms with E-state index in [9.17, 15) is 0 Å². The Bertz CT molecular complexity index is 598. The predicted octanol–water partition coefficient (Wildman–Crippen LogP) is 5.09. The Balaban J connectivity index is 2.49. The van der Waals surface area contributed by atoms with E-state index in [1.807, 2.05) is 11.4 Å². The van der Waals surface area contributed by atoms with Crippen molar-refractivity contribution < 1.29 is 0 Å². The van der Waals surface area contributed by atoms with Crippen LogP contribution in [0, 0.1) is 9.49 Å². The van der Waals surface area contributed by atoms with Crippen molar-refractivity contribution in [1.82, 2.24) is 9.97 Å². The first kappa shape index (κ1) is 16.0. The maximum absolute atomic E-state index is 6.00. The molecule has 0 atom stereocenters. The Hall–Kier alpha value is -0.400. The average molecular weight is 422 g/mol. The Morgan fingerprint density at radius 3 is 2.70 bits per heavy atom. The van der Waals surface area contributed by atoms with E-state index in [1.165, 1.54) is 0 Å². The Morgan fingerprint density at radius 1 is 1.40 bits per heavy atom. The molecule has 0 saturated carbocycles. The zero-order valence-electron chi connectivity index (χ0n) is 11.7. The normalized spacial score (nSPS) is 11.1. The SMILES string of the molecule is CCNc1nc(-c2cc(Cl)cs2)nc(CC(C)C)c1I. The van der Waals surface area contributed by atoms with Crippen molar-refractivity contribution >= 4 is 51.3 Å². The zero-order valence-corrected chi connectivity index (χ0v) is 15.4. The van der Waals surface area contributed by atoms with Crippen LogP contribution in [-0.2, 0) is 6.42 Å². The van der Waals surface area contributed by atoms with Crippen molar-refractivity contribution in [2.45, 2.75) is 27.2 Å². The number of hydrogen-bond donors (Lipinski definition) is 1. The van der Waals surface area contributed by atoms with Crippen LogP contribution in [0.4, 0.5) is 5.82 Å². The minimum atomic E-state index is 0.563. The van der Waals surface area contributed by atoms with E-state index in [0.29, 0.717) is 5.92 Å². The molecule has 0 saturated heterocycles. The molecule has 6 heteroatoms. The van der Waals surface area contributed by atoms with Gasteiger partial charge >= 0.3 is 0 Å². The number of halogens is 2. The molecule has 0 radical (unpaired) electrons. The molecule has 0 bridgehead atoms. The lowest BCUT2D eigenvalue weighted by Crippen LogP contribution is -2.09. The molecule has 20 heavy (non-hydrogen) atoms. The highest BCUT2D eigenvalue weighted by Crippen LogP contribution is 2.30. The second-order valence-electron chi connectivity index (χ2n) is 4.91. The van der Waals surface area contributed by atoms with Gasteiger partial charge in [0, 0.05) is 11.9 Å². The lowest BCUT2D eigenvalue weighted by atomic mass is 10.1. The third-order valence-electron chi connectivity index (χ3n) is 2.65. The zero-order chi connectivity index (χ0) is 14.7. The molecule has 108 valence electrons. The molecule has 0 aliphatic heterocycles. The largest absolute Gasteiger partial charge is 0.369 e. The van der Waals surface area contributed by atoms with Gasteiger partial charge in [-0.2, -0.15) is 0 Å². The van der Waals surface area contributed by atoms with Crippen LogP contribution in [0.15, 0.2) is 11.4 Å². The van der Waals surface area contributed by atoms with Crippen LogP contribution in [0.5, 0.6) is 0 Å². The van der Waals surface area contributed by atoms with Crippen molar-refractivity contribution in [2.75, 3.05) is 11.9 Å². The molecule has 0 amide bonds. The number of hydrogen-bond acceptors (Lipinski definition) is 4. The number of rotatable bonds is 5. The lowest BCUT2D eigenvalue weighted by molar-refractivity contribution is 0.632. The fourth-order valence-electron chi connectivity index (χ4n) is 1.84. The predicted molar refractivity (Wildman–Crippen MR) is 95.8 cm³/mol. The molecule has 2 heterocycles. The fourth-order valence-corrected chi connectivity index (χ4v) is 3.50. The second-order valence-corrected chi connectivity index (χ2v) is 7.34. The summed E-state index contributed by atoms with van der Waals surface area (Å²) < 4.78 is 1.12. The molecule has 0 aromatic carbocycles. The summed E-state index contributed by atoms with van der Waals surface area (Å²) in [6, 6.07) is 1.92. The smallest absolute Gasteiger partial charge is 0.171 e. The molecule has 2 aromatic heterocycles. The maximum Gasteiger partial charge on any atom is 0.171 e. The monoisotopic (exact) mass is 421 g/mol. The molecule has 0 unspecified atom stereocenters. The molecule has 2 aromatic rings. The number of nitrogens with one attached hydrogen (secondary N) is 1. The van der Waals surface area contributed by atoms with E-state index in [4.69, 9.17) is 16.6 Å². The minimum absolute atomic E-state index is 0.563. The van der Waals surface area contributed by atoms with Gasteiger partial charge < -0.3 is 5.32 Å². The molecule has 3 nitrogen and oxygen atoms in total. The topological polar surface area (TPSA) is 37.8 Å². The first-order valence-electron chi connectivity index (χ1n) is 6.56. The first-order valence-corrected chi connectivity index (χ1v) is 8.89. The summed E-state index contributed by atoms with van der Waals surface area (Å²) in [4.78, 5) is 10.4. The number of thiophene rings is 1. The van der Waals surface area contributed by atoms with E-state index < -0.39 is 0 Å². The molecule has 0 aliphatic carbocycles. The van der Waals surface area contributed by atoms with E-state index in [0.717, 1.165) is 43.8 Å². The summed E-state index contributed by atoms with van der Waals surface area (Å²) in [5.41, 5.74) is 1.10. The van der Waals surface area contributed by atoms with Crippen LogP contribution < -0.4 is 5.32 Å². The molecule has 0 fully saturated rings. The summed E-state index contributed by atoms with van der Waals surface area (Å²) in [6.45, 7) is 7.32. The van der Waals surface area contributed by atoms with E-state index in [-0.39, 0.29) is 0 Å². The number of anilines is 1. The highest BCUT2D eigenvalue weighted by Gasteiger charge is 2.15. The van der Waals surface area contributed by atoms with Gasteiger partial charge in [0.1, 0.15) is 5.82 Å². The van der Waals surface area contributed by atoms with Gasteiger partial charge in [0.2, 0.25) is 0 Å². The van der Waals surface area contributed by atoms with Gasteiger partial charge in [0.15, 0.2) is 5.82 Å². The van der Waals surface area contributed by atoms with Crippen molar-refractivity contribution in [2.24, 2.45) is 5.92 Å². The van der Waals surface area contributed by atoms with Crippen LogP contribution >= 0.6 is 45.5 Å². The summed E-state index contributed by atoms with van der Waals surface area (Å²) in [6.07, 6.45) is 0.950. The van der Waals surface area contributed by atoms with Gasteiger partial charge in [-0.1, -0.05) is 25.4 Å². The number of aromatic nitrogens is 2. The average Bonchev–Trinajstić information content (AvgIpc) is 2.80. The van der Waals surface area contributed by atoms with Gasteiger partial charge in [-0.3, -0.25) is 0 Å². The van der Waals surface area contributed by atoms with Gasteiger partial charge in [-0.05, 0) is 47.9 Å². The van der Waals surface area contributed by atoms with Crippen LogP contribution in [0.3, 0.4) is 0 Å². The molecule has 2 rings (SSSR count). The van der Waals surface area contributed by atoms with E-state index in [1.54, 1.807) is 11.3 Å². The van der Waals surface area contributed by atoms with Crippen molar-refractivity contribution in [3.8, 4) is 10.7 Å². The van der Waals surface area contributed by atoms with E-state index in [2.05, 4.69) is 53.7 Å². The van der Waals surface area contributed by atoms with Gasteiger partial charge in [-0.25, -0.2) is 9.97 Å². The highest BCUT2D eigenvalue weighted by atomic mass is 127. The summed E-state index contributed by atoms with van der Waals surface area (Å²) in [5.74, 6) is 2.24. The summed E-state index contributed by atoms with van der Waals surface area (Å²) in [7, 11) is 0. The lowest BCUT2D eigenvalue weighted by Gasteiger charge is -2.13. The maximum atomic E-state index is 6.00. The second kappa shape index (κ2) is 7.04. The van der Waals surface area contributed by atoms with Crippen LogP contribution in [0.1, 0.15) is 26.5 Å². The summed E-state index contributed by atoms with van der Waals surface area (Å²) >= 11 is 9.91. The Kier molecular flexibility index (Phi) is 5.63. The molecular formula is C14H17ClIN3S. The summed E-state index contributed by atoms with van der Waals surface area (Å²) in [5, 5.41) is 5.97. The minimum Gasteiger partial charge on any atom is -0.369 e. The van der Waals surface area contributed by atoms with Crippen LogP contribution in [-0.4, -0.2) is 16.5 Å². The molecular weight excluding hydrogens is 405 g/mol. The van der Waals surface area contributed by atoms with Gasteiger partial charge in [-0.15, -0.1) is 11.3 Å². The van der Waals surface area contributed by atoms with Crippen LogP contribution in [0.2, 0.25) is 5.02 Å². The quantitative estimate of drug-likeness (QED) is 0.683.